The molecular formula is C30H29N3O4S. The lowest BCUT2D eigenvalue weighted by molar-refractivity contribution is 0.102. The number of para-hydroxylation sites is 1. The highest BCUT2D eigenvalue weighted by atomic mass is 32.2. The van der Waals surface area contributed by atoms with Crippen molar-refractivity contribution in [2.75, 3.05) is 28.6 Å². The van der Waals surface area contributed by atoms with Gasteiger partial charge in [0.2, 0.25) is 0 Å². The quantitative estimate of drug-likeness (QED) is 0.307. The largest absolute Gasteiger partial charge is 0.497 e. The van der Waals surface area contributed by atoms with Gasteiger partial charge in [0.1, 0.15) is 5.75 Å². The zero-order valence-corrected chi connectivity index (χ0v) is 21.9. The molecule has 0 bridgehead atoms. The molecule has 0 spiro atoms. The van der Waals surface area contributed by atoms with Crippen molar-refractivity contribution in [3.05, 3.63) is 114 Å². The third-order valence-corrected chi connectivity index (χ3v) is 7.96. The predicted molar refractivity (Wildman–Crippen MR) is 150 cm³/mol. The third-order valence-electron chi connectivity index (χ3n) is 6.56. The fraction of sp³-hybridized carbons (Fsp3) is 0.167. The van der Waals surface area contributed by atoms with Gasteiger partial charge in [-0.25, -0.2) is 8.42 Å². The minimum Gasteiger partial charge on any atom is -0.497 e. The number of fused-ring (bicyclic) bond motifs is 1. The molecule has 194 valence electrons. The summed E-state index contributed by atoms with van der Waals surface area (Å²) in [4.78, 5) is 15.3. The molecule has 2 N–H and O–H groups in total. The first-order chi connectivity index (χ1) is 18.4. The molecule has 0 saturated heterocycles. The van der Waals surface area contributed by atoms with Crippen LogP contribution in [0.2, 0.25) is 0 Å². The fourth-order valence-corrected chi connectivity index (χ4v) is 5.61. The van der Waals surface area contributed by atoms with Crippen molar-refractivity contribution in [2.45, 2.75) is 24.3 Å². The minimum absolute atomic E-state index is 0.0926. The Morgan fingerprint density at radius 2 is 1.55 bits per heavy atom. The fourth-order valence-electron chi connectivity index (χ4n) is 4.55. The standard InChI is InChI=1S/C30H29N3O4S/c1-37-27-16-12-26(13-17-27)32-38(35,36)28-18-14-25(15-19-28)31-30(34)24-10-8-22(9-11-24)21-33-20-4-6-23-5-2-3-7-29(23)33/h2-3,5,7-19,32H,4,6,20-21H2,1H3,(H,31,34). The zero-order chi connectivity index (χ0) is 26.5. The highest BCUT2D eigenvalue weighted by Gasteiger charge is 2.17. The molecule has 0 radical (unpaired) electrons. The van der Waals surface area contributed by atoms with Crippen LogP contribution in [-0.4, -0.2) is 28.0 Å². The van der Waals surface area contributed by atoms with Gasteiger partial charge in [-0.05, 0) is 90.7 Å². The van der Waals surface area contributed by atoms with Gasteiger partial charge in [-0.2, -0.15) is 0 Å². The summed E-state index contributed by atoms with van der Waals surface area (Å²) in [6.07, 6.45) is 2.24. The number of hydrogen-bond donors (Lipinski definition) is 2. The van der Waals surface area contributed by atoms with E-state index in [2.05, 4.69) is 39.2 Å². The monoisotopic (exact) mass is 527 g/mol. The number of carbonyl (C=O) groups excluding carboxylic acids is 1. The maximum Gasteiger partial charge on any atom is 0.261 e. The number of rotatable bonds is 8. The molecule has 1 amide bonds. The van der Waals surface area contributed by atoms with Crippen LogP contribution in [0.5, 0.6) is 5.75 Å². The van der Waals surface area contributed by atoms with Crippen molar-refractivity contribution >= 4 is 33.0 Å². The molecular weight excluding hydrogens is 498 g/mol. The second-order valence-electron chi connectivity index (χ2n) is 9.16. The average Bonchev–Trinajstić information content (AvgIpc) is 2.94. The average molecular weight is 528 g/mol. The second kappa shape index (κ2) is 11.0. The van der Waals surface area contributed by atoms with Gasteiger partial charge in [-0.1, -0.05) is 30.3 Å². The second-order valence-corrected chi connectivity index (χ2v) is 10.8. The zero-order valence-electron chi connectivity index (χ0n) is 21.1. The van der Waals surface area contributed by atoms with E-state index in [4.69, 9.17) is 4.74 Å². The number of hydrogen-bond acceptors (Lipinski definition) is 5. The highest BCUT2D eigenvalue weighted by Crippen LogP contribution is 2.28. The number of nitrogens with zero attached hydrogens (tertiary/aromatic N) is 1. The molecule has 0 aliphatic carbocycles. The van der Waals surface area contributed by atoms with E-state index in [1.807, 2.05) is 24.3 Å². The SMILES string of the molecule is COc1ccc(NS(=O)(=O)c2ccc(NC(=O)c3ccc(CN4CCCc5ccccc54)cc3)cc2)cc1. The summed E-state index contributed by atoms with van der Waals surface area (Å²) in [6, 6.07) is 28.8. The number of methoxy groups -OCH3 is 1. The molecule has 1 aliphatic rings. The van der Waals surface area contributed by atoms with Crippen LogP contribution in [0.4, 0.5) is 17.1 Å². The highest BCUT2D eigenvalue weighted by molar-refractivity contribution is 7.92. The molecule has 1 heterocycles. The lowest BCUT2D eigenvalue weighted by atomic mass is 10.0. The van der Waals surface area contributed by atoms with E-state index in [9.17, 15) is 13.2 Å². The van der Waals surface area contributed by atoms with Gasteiger partial charge in [0, 0.05) is 35.7 Å². The Labute approximate surface area is 223 Å². The van der Waals surface area contributed by atoms with Gasteiger partial charge >= 0.3 is 0 Å². The summed E-state index contributed by atoms with van der Waals surface area (Å²) in [5.74, 6) is 0.377. The van der Waals surface area contributed by atoms with Crippen molar-refractivity contribution < 1.29 is 17.9 Å². The summed E-state index contributed by atoms with van der Waals surface area (Å²) >= 11 is 0. The number of carbonyl (C=O) groups is 1. The Bertz CT molecular complexity index is 1520. The number of nitrogens with one attached hydrogen (secondary N) is 2. The van der Waals surface area contributed by atoms with E-state index < -0.39 is 10.0 Å². The Morgan fingerprint density at radius 3 is 2.26 bits per heavy atom. The number of aryl methyl sites for hydroxylation is 1. The van der Waals surface area contributed by atoms with Crippen molar-refractivity contribution in [3.8, 4) is 5.75 Å². The van der Waals surface area contributed by atoms with Crippen molar-refractivity contribution in [1.29, 1.82) is 0 Å². The normalized spacial score (nSPS) is 12.9. The molecule has 7 nitrogen and oxygen atoms in total. The summed E-state index contributed by atoms with van der Waals surface area (Å²) in [6.45, 7) is 1.81. The number of amides is 1. The maximum absolute atomic E-state index is 12.8. The molecule has 0 unspecified atom stereocenters. The first-order valence-electron chi connectivity index (χ1n) is 12.4. The Balaban J connectivity index is 1.20. The van der Waals surface area contributed by atoms with Crippen LogP contribution < -0.4 is 19.7 Å². The molecule has 0 aromatic heterocycles. The van der Waals surface area contributed by atoms with Crippen LogP contribution in [-0.2, 0) is 23.0 Å². The number of sulfonamides is 1. The molecule has 0 saturated carbocycles. The summed E-state index contributed by atoms with van der Waals surface area (Å²) in [7, 11) is -2.23. The number of benzene rings is 4. The number of ether oxygens (including phenoxy) is 1. The lowest BCUT2D eigenvalue weighted by Crippen LogP contribution is -2.28. The topological polar surface area (TPSA) is 87.7 Å². The van der Waals surface area contributed by atoms with Crippen LogP contribution in [0, 0.1) is 0 Å². The third kappa shape index (κ3) is 5.81. The van der Waals surface area contributed by atoms with E-state index in [1.165, 1.54) is 23.4 Å². The molecule has 0 atom stereocenters. The van der Waals surface area contributed by atoms with E-state index in [0.29, 0.717) is 22.7 Å². The summed E-state index contributed by atoms with van der Waals surface area (Å²) in [5, 5.41) is 2.83. The van der Waals surface area contributed by atoms with Crippen LogP contribution in [0.25, 0.3) is 0 Å². The molecule has 0 fully saturated rings. The first-order valence-corrected chi connectivity index (χ1v) is 13.9. The molecule has 8 heteroatoms. The summed E-state index contributed by atoms with van der Waals surface area (Å²) < 4.78 is 33.1. The van der Waals surface area contributed by atoms with E-state index in [0.717, 1.165) is 31.5 Å². The van der Waals surface area contributed by atoms with Crippen LogP contribution >= 0.6 is 0 Å². The molecule has 1 aliphatic heterocycles. The van der Waals surface area contributed by atoms with Gasteiger partial charge < -0.3 is 15.0 Å². The van der Waals surface area contributed by atoms with Crippen molar-refractivity contribution in [3.63, 3.8) is 0 Å². The van der Waals surface area contributed by atoms with E-state index in [1.54, 1.807) is 43.5 Å². The molecule has 5 rings (SSSR count). The summed E-state index contributed by atoms with van der Waals surface area (Å²) in [5.41, 5.74) is 5.27. The van der Waals surface area contributed by atoms with Crippen molar-refractivity contribution in [2.24, 2.45) is 0 Å². The minimum atomic E-state index is -3.77. The van der Waals surface area contributed by atoms with Gasteiger partial charge in [0.25, 0.3) is 15.9 Å². The Hall–Kier alpha value is -4.30. The van der Waals surface area contributed by atoms with Crippen LogP contribution in [0.1, 0.15) is 27.9 Å². The van der Waals surface area contributed by atoms with Gasteiger partial charge in [0.05, 0.1) is 12.0 Å². The molecule has 4 aromatic carbocycles. The van der Waals surface area contributed by atoms with Gasteiger partial charge in [-0.15, -0.1) is 0 Å². The first kappa shape index (κ1) is 25.4. The number of anilines is 3. The maximum atomic E-state index is 12.8. The van der Waals surface area contributed by atoms with E-state index >= 15 is 0 Å². The lowest BCUT2D eigenvalue weighted by Gasteiger charge is -2.31. The van der Waals surface area contributed by atoms with Gasteiger partial charge in [-0.3, -0.25) is 9.52 Å². The molecule has 4 aromatic rings. The molecule has 38 heavy (non-hydrogen) atoms. The van der Waals surface area contributed by atoms with Crippen molar-refractivity contribution in [1.82, 2.24) is 0 Å². The Morgan fingerprint density at radius 1 is 0.868 bits per heavy atom. The Kier molecular flexibility index (Phi) is 7.33. The van der Waals surface area contributed by atoms with Crippen LogP contribution in [0.3, 0.4) is 0 Å². The predicted octanol–water partition coefficient (Wildman–Crippen LogP) is 5.70. The van der Waals surface area contributed by atoms with Crippen LogP contribution in [0.15, 0.2) is 102 Å². The van der Waals surface area contributed by atoms with E-state index in [-0.39, 0.29) is 10.8 Å². The smallest absolute Gasteiger partial charge is 0.261 e. The van der Waals surface area contributed by atoms with Gasteiger partial charge in [0.15, 0.2) is 0 Å².